The lowest BCUT2D eigenvalue weighted by Crippen LogP contribution is -2.40. The van der Waals surface area contributed by atoms with E-state index in [9.17, 15) is 4.79 Å². The molecule has 0 aromatic heterocycles. The third-order valence-electron chi connectivity index (χ3n) is 3.39. The first kappa shape index (κ1) is 15.8. The van der Waals surface area contributed by atoms with Crippen molar-refractivity contribution in [3.05, 3.63) is 67.8 Å². The van der Waals surface area contributed by atoms with Crippen LogP contribution in [0.15, 0.2) is 67.8 Å². The number of hydrogen-bond acceptors (Lipinski definition) is 2. The monoisotopic (exact) mass is 295 g/mol. The molecule has 0 heterocycles. The fraction of sp³-hybridized carbons (Fsp3) is 0.211. The molecule has 0 aliphatic rings. The number of amides is 1. The van der Waals surface area contributed by atoms with Crippen LogP contribution >= 0.6 is 0 Å². The zero-order valence-corrected chi connectivity index (χ0v) is 12.9. The minimum atomic E-state index is -0.555. The molecule has 0 spiro atoms. The minimum Gasteiger partial charge on any atom is -0.481 e. The molecule has 2 aromatic rings. The molecule has 0 saturated carbocycles. The molecule has 0 bridgehead atoms. The van der Waals surface area contributed by atoms with Crippen LogP contribution < -0.4 is 4.74 Å². The van der Waals surface area contributed by atoms with Crippen molar-refractivity contribution >= 4 is 16.7 Å². The standard InChI is InChI=1S/C19H21NO2/c1-4-12-20(13-5-2)19(21)15(3)22-18-11-10-16-8-6-7-9-17(16)14-18/h4-11,14-15H,1-2,12-13H2,3H3. The molecule has 0 saturated heterocycles. The fourth-order valence-electron chi connectivity index (χ4n) is 2.32. The highest BCUT2D eigenvalue weighted by atomic mass is 16.5. The van der Waals surface area contributed by atoms with Crippen molar-refractivity contribution in [1.82, 2.24) is 4.90 Å². The van der Waals surface area contributed by atoms with Crippen molar-refractivity contribution in [3.8, 4) is 5.75 Å². The summed E-state index contributed by atoms with van der Waals surface area (Å²) in [5.41, 5.74) is 0. The van der Waals surface area contributed by atoms with Crippen LogP contribution in [-0.4, -0.2) is 30.0 Å². The first-order chi connectivity index (χ1) is 10.7. The van der Waals surface area contributed by atoms with E-state index in [1.165, 1.54) is 0 Å². The van der Waals surface area contributed by atoms with E-state index in [1.807, 2.05) is 42.5 Å². The molecule has 1 amide bonds. The van der Waals surface area contributed by atoms with Crippen LogP contribution in [0.25, 0.3) is 10.8 Å². The van der Waals surface area contributed by atoms with E-state index >= 15 is 0 Å². The molecule has 0 aliphatic carbocycles. The van der Waals surface area contributed by atoms with E-state index in [4.69, 9.17) is 4.74 Å². The number of hydrogen-bond donors (Lipinski definition) is 0. The molecule has 3 heteroatoms. The molecule has 114 valence electrons. The molecule has 0 fully saturated rings. The molecule has 0 N–H and O–H groups in total. The topological polar surface area (TPSA) is 29.5 Å². The summed E-state index contributed by atoms with van der Waals surface area (Å²) in [7, 11) is 0. The predicted molar refractivity (Wildman–Crippen MR) is 91.0 cm³/mol. The second-order valence-corrected chi connectivity index (χ2v) is 5.09. The van der Waals surface area contributed by atoms with Crippen LogP contribution in [0.2, 0.25) is 0 Å². The van der Waals surface area contributed by atoms with Gasteiger partial charge in [-0.05, 0) is 29.8 Å². The van der Waals surface area contributed by atoms with Crippen LogP contribution in [0.3, 0.4) is 0 Å². The molecule has 3 nitrogen and oxygen atoms in total. The summed E-state index contributed by atoms with van der Waals surface area (Å²) in [6.45, 7) is 10.1. The van der Waals surface area contributed by atoms with E-state index in [-0.39, 0.29) is 5.91 Å². The maximum atomic E-state index is 12.4. The zero-order valence-electron chi connectivity index (χ0n) is 12.9. The predicted octanol–water partition coefficient (Wildman–Crippen LogP) is 3.81. The van der Waals surface area contributed by atoms with Crippen molar-refractivity contribution < 1.29 is 9.53 Å². The molecule has 0 aliphatic heterocycles. The summed E-state index contributed by atoms with van der Waals surface area (Å²) in [5.74, 6) is 0.615. The number of nitrogens with zero attached hydrogens (tertiary/aromatic N) is 1. The van der Waals surface area contributed by atoms with Gasteiger partial charge in [-0.15, -0.1) is 13.2 Å². The summed E-state index contributed by atoms with van der Waals surface area (Å²) >= 11 is 0. The first-order valence-corrected chi connectivity index (χ1v) is 7.31. The van der Waals surface area contributed by atoms with E-state index in [2.05, 4.69) is 13.2 Å². The fourth-order valence-corrected chi connectivity index (χ4v) is 2.32. The van der Waals surface area contributed by atoms with Gasteiger partial charge in [-0.2, -0.15) is 0 Å². The summed E-state index contributed by atoms with van der Waals surface area (Å²) in [4.78, 5) is 14.1. The summed E-state index contributed by atoms with van der Waals surface area (Å²) in [6.07, 6.45) is 2.84. The zero-order chi connectivity index (χ0) is 15.9. The van der Waals surface area contributed by atoms with Gasteiger partial charge in [0.15, 0.2) is 6.10 Å². The van der Waals surface area contributed by atoms with Crippen LogP contribution in [0.1, 0.15) is 6.92 Å². The highest BCUT2D eigenvalue weighted by Gasteiger charge is 2.20. The Balaban J connectivity index is 2.11. The largest absolute Gasteiger partial charge is 0.481 e. The Labute approximate surface area is 131 Å². The third-order valence-corrected chi connectivity index (χ3v) is 3.39. The molecule has 1 unspecified atom stereocenters. The molecular formula is C19H21NO2. The number of carbonyl (C=O) groups is 1. The molecule has 0 radical (unpaired) electrons. The molecule has 2 aromatic carbocycles. The van der Waals surface area contributed by atoms with Gasteiger partial charge in [0.2, 0.25) is 0 Å². The molecule has 22 heavy (non-hydrogen) atoms. The average molecular weight is 295 g/mol. The maximum absolute atomic E-state index is 12.4. The lowest BCUT2D eigenvalue weighted by molar-refractivity contribution is -0.136. The van der Waals surface area contributed by atoms with Crippen LogP contribution in [0, 0.1) is 0 Å². The number of ether oxygens (including phenoxy) is 1. The number of benzene rings is 2. The second kappa shape index (κ2) is 7.46. The smallest absolute Gasteiger partial charge is 0.263 e. The Hall–Kier alpha value is -2.55. The van der Waals surface area contributed by atoms with Gasteiger partial charge in [0.05, 0.1) is 0 Å². The van der Waals surface area contributed by atoms with Crippen LogP contribution in [-0.2, 0) is 4.79 Å². The summed E-state index contributed by atoms with van der Waals surface area (Å²) < 4.78 is 5.80. The van der Waals surface area contributed by atoms with E-state index < -0.39 is 6.10 Å². The van der Waals surface area contributed by atoms with E-state index in [0.717, 1.165) is 10.8 Å². The number of fused-ring (bicyclic) bond motifs is 1. The molecule has 2 rings (SSSR count). The van der Waals surface area contributed by atoms with Gasteiger partial charge in [0, 0.05) is 13.1 Å². The van der Waals surface area contributed by atoms with Gasteiger partial charge in [-0.1, -0.05) is 42.5 Å². The normalized spacial score (nSPS) is 11.7. The van der Waals surface area contributed by atoms with E-state index in [0.29, 0.717) is 18.8 Å². The Kier molecular flexibility index (Phi) is 5.37. The quantitative estimate of drug-likeness (QED) is 0.727. The van der Waals surface area contributed by atoms with Gasteiger partial charge in [-0.3, -0.25) is 4.79 Å². The molecular weight excluding hydrogens is 274 g/mol. The molecule has 1 atom stereocenters. The highest BCUT2D eigenvalue weighted by molar-refractivity contribution is 5.84. The van der Waals surface area contributed by atoms with Crippen molar-refractivity contribution in [2.24, 2.45) is 0 Å². The Bertz CT molecular complexity index is 668. The van der Waals surface area contributed by atoms with Gasteiger partial charge in [0.1, 0.15) is 5.75 Å². The van der Waals surface area contributed by atoms with Gasteiger partial charge >= 0.3 is 0 Å². The van der Waals surface area contributed by atoms with Gasteiger partial charge < -0.3 is 9.64 Å². The second-order valence-electron chi connectivity index (χ2n) is 5.09. The van der Waals surface area contributed by atoms with Gasteiger partial charge in [-0.25, -0.2) is 0 Å². The maximum Gasteiger partial charge on any atom is 0.263 e. The van der Waals surface area contributed by atoms with Crippen molar-refractivity contribution in [2.45, 2.75) is 13.0 Å². The number of rotatable bonds is 7. The first-order valence-electron chi connectivity index (χ1n) is 7.31. The third kappa shape index (κ3) is 3.76. The number of carbonyl (C=O) groups excluding carboxylic acids is 1. The van der Waals surface area contributed by atoms with Gasteiger partial charge in [0.25, 0.3) is 5.91 Å². The Morgan fingerprint density at radius 1 is 1.14 bits per heavy atom. The Morgan fingerprint density at radius 3 is 2.41 bits per heavy atom. The lowest BCUT2D eigenvalue weighted by Gasteiger charge is -2.23. The van der Waals surface area contributed by atoms with Crippen molar-refractivity contribution in [3.63, 3.8) is 0 Å². The summed E-state index contributed by atoms with van der Waals surface area (Å²) in [6, 6.07) is 13.9. The Morgan fingerprint density at radius 2 is 1.77 bits per heavy atom. The summed E-state index contributed by atoms with van der Waals surface area (Å²) in [5, 5.41) is 2.24. The van der Waals surface area contributed by atoms with E-state index in [1.54, 1.807) is 24.0 Å². The van der Waals surface area contributed by atoms with Crippen molar-refractivity contribution in [1.29, 1.82) is 0 Å². The highest BCUT2D eigenvalue weighted by Crippen LogP contribution is 2.21. The van der Waals surface area contributed by atoms with Crippen molar-refractivity contribution in [2.75, 3.05) is 13.1 Å². The van der Waals surface area contributed by atoms with Crippen LogP contribution in [0.5, 0.6) is 5.75 Å². The van der Waals surface area contributed by atoms with Crippen LogP contribution in [0.4, 0.5) is 0 Å². The average Bonchev–Trinajstić information content (AvgIpc) is 2.54. The SMILES string of the molecule is C=CCN(CC=C)C(=O)C(C)Oc1ccc2ccccc2c1. The lowest BCUT2D eigenvalue weighted by atomic mass is 10.1. The minimum absolute atomic E-state index is 0.0760.